The van der Waals surface area contributed by atoms with Crippen molar-refractivity contribution < 1.29 is 29.0 Å². The minimum absolute atomic E-state index is 0.0134. The maximum Gasteiger partial charge on any atom is 0.339 e. The van der Waals surface area contributed by atoms with Crippen molar-refractivity contribution in [3.8, 4) is 5.75 Å². The highest BCUT2D eigenvalue weighted by Crippen LogP contribution is 2.33. The number of carbonyl (C=O) groups is 2. The maximum absolute atomic E-state index is 13.1. The molecule has 7 nitrogen and oxygen atoms in total. The van der Waals surface area contributed by atoms with Gasteiger partial charge in [-0.15, -0.1) is 0 Å². The standard InChI is InChI=1S/C27H32O7/c1-3-4-5-6-7-8-9-10-14-33-22-16-23-21(15-20(22)17(2)26(29)30)24(28)18-12-11-13-19(27(31)32)25(18)34-23/h11-13,15-17H,3-10,14H2,1-2H3,(H,29,30)(H,31,32). The molecule has 0 saturated heterocycles. The van der Waals surface area contributed by atoms with Crippen molar-refractivity contribution in [1.29, 1.82) is 0 Å². The molecule has 0 fully saturated rings. The molecule has 1 unspecified atom stereocenters. The van der Waals surface area contributed by atoms with Crippen molar-refractivity contribution in [2.45, 2.75) is 71.1 Å². The summed E-state index contributed by atoms with van der Waals surface area (Å²) >= 11 is 0. The number of hydrogen-bond donors (Lipinski definition) is 2. The van der Waals surface area contributed by atoms with Gasteiger partial charge < -0.3 is 19.4 Å². The second-order valence-corrected chi connectivity index (χ2v) is 8.69. The number of fused-ring (bicyclic) bond motifs is 2. The summed E-state index contributed by atoms with van der Waals surface area (Å²) in [6, 6.07) is 7.36. The van der Waals surface area contributed by atoms with E-state index in [1.54, 1.807) is 0 Å². The number of carboxylic acids is 2. The first-order valence-corrected chi connectivity index (χ1v) is 12.0. The van der Waals surface area contributed by atoms with E-state index >= 15 is 0 Å². The van der Waals surface area contributed by atoms with E-state index < -0.39 is 23.3 Å². The molecule has 1 atom stereocenters. The van der Waals surface area contributed by atoms with Crippen LogP contribution in [0.15, 0.2) is 39.5 Å². The second-order valence-electron chi connectivity index (χ2n) is 8.69. The molecule has 0 saturated carbocycles. The van der Waals surface area contributed by atoms with Crippen LogP contribution in [-0.2, 0) is 4.79 Å². The van der Waals surface area contributed by atoms with Gasteiger partial charge in [-0.3, -0.25) is 9.59 Å². The molecule has 7 heteroatoms. The summed E-state index contributed by atoms with van der Waals surface area (Å²) in [5.41, 5.74) is 0.0216. The van der Waals surface area contributed by atoms with E-state index in [-0.39, 0.29) is 27.5 Å². The lowest BCUT2D eigenvalue weighted by Crippen LogP contribution is -2.12. The molecule has 0 bridgehead atoms. The van der Waals surface area contributed by atoms with Crippen molar-refractivity contribution in [1.82, 2.24) is 0 Å². The Morgan fingerprint density at radius 3 is 2.29 bits per heavy atom. The Bertz CT molecular complexity index is 1230. The summed E-state index contributed by atoms with van der Waals surface area (Å²) in [5.74, 6) is -2.79. The largest absolute Gasteiger partial charge is 0.493 e. The highest BCUT2D eigenvalue weighted by atomic mass is 16.5. The Morgan fingerprint density at radius 2 is 1.65 bits per heavy atom. The molecule has 0 aliphatic carbocycles. The fourth-order valence-electron chi connectivity index (χ4n) is 4.10. The predicted octanol–water partition coefficient (Wildman–Crippen LogP) is 6.35. The molecule has 0 amide bonds. The summed E-state index contributed by atoms with van der Waals surface area (Å²) < 4.78 is 11.8. The molecule has 3 aromatic rings. The molecule has 1 heterocycles. The minimum atomic E-state index is -1.20. The molecule has 34 heavy (non-hydrogen) atoms. The highest BCUT2D eigenvalue weighted by Gasteiger charge is 2.22. The summed E-state index contributed by atoms with van der Waals surface area (Å²) in [4.78, 5) is 36.4. The Hall–Kier alpha value is -3.35. The first kappa shape index (κ1) is 25.3. The third-order valence-corrected chi connectivity index (χ3v) is 6.15. The van der Waals surface area contributed by atoms with Crippen LogP contribution in [0, 0.1) is 0 Å². The van der Waals surface area contributed by atoms with E-state index in [1.807, 2.05) is 0 Å². The van der Waals surface area contributed by atoms with Crippen molar-refractivity contribution >= 4 is 33.9 Å². The van der Waals surface area contributed by atoms with Crippen molar-refractivity contribution in [2.24, 2.45) is 0 Å². The van der Waals surface area contributed by atoms with Crippen LogP contribution >= 0.6 is 0 Å². The zero-order valence-corrected chi connectivity index (χ0v) is 19.8. The number of benzene rings is 2. The molecular formula is C27H32O7. The molecule has 0 aliphatic rings. The van der Waals surface area contributed by atoms with Crippen LogP contribution in [-0.4, -0.2) is 28.8 Å². The molecule has 1 aromatic heterocycles. The van der Waals surface area contributed by atoms with Crippen LogP contribution < -0.4 is 10.2 Å². The smallest absolute Gasteiger partial charge is 0.339 e. The predicted molar refractivity (Wildman–Crippen MR) is 131 cm³/mol. The lowest BCUT2D eigenvalue weighted by molar-refractivity contribution is -0.138. The zero-order valence-electron chi connectivity index (χ0n) is 19.8. The van der Waals surface area contributed by atoms with Crippen molar-refractivity contribution in [3.63, 3.8) is 0 Å². The van der Waals surface area contributed by atoms with Gasteiger partial charge in [0, 0.05) is 11.6 Å². The van der Waals surface area contributed by atoms with Gasteiger partial charge in [0.1, 0.15) is 16.9 Å². The van der Waals surface area contributed by atoms with Crippen LogP contribution in [0.25, 0.3) is 21.9 Å². The number of aliphatic carboxylic acids is 1. The molecule has 2 N–H and O–H groups in total. The topological polar surface area (TPSA) is 114 Å². The van der Waals surface area contributed by atoms with E-state index in [2.05, 4.69) is 6.92 Å². The number of carboxylic acid groups (broad SMARTS) is 2. The molecule has 182 valence electrons. The van der Waals surface area contributed by atoms with Crippen LogP contribution in [0.4, 0.5) is 0 Å². The quantitative estimate of drug-likeness (QED) is 0.222. The summed E-state index contributed by atoms with van der Waals surface area (Å²) in [6.45, 7) is 4.15. The second kappa shape index (κ2) is 11.7. The van der Waals surface area contributed by atoms with Gasteiger partial charge in [-0.25, -0.2) is 4.79 Å². The van der Waals surface area contributed by atoms with E-state index in [0.717, 1.165) is 19.3 Å². The molecule has 0 spiro atoms. The van der Waals surface area contributed by atoms with Gasteiger partial charge in [-0.05, 0) is 31.5 Å². The van der Waals surface area contributed by atoms with Crippen LogP contribution in [0.3, 0.4) is 0 Å². The Morgan fingerprint density at radius 1 is 0.971 bits per heavy atom. The SMILES string of the molecule is CCCCCCCCCCOc1cc2oc3c(C(=O)O)cccc3c(=O)c2cc1C(C)C(=O)O. The summed E-state index contributed by atoms with van der Waals surface area (Å²) in [7, 11) is 0. The van der Waals surface area contributed by atoms with E-state index in [4.69, 9.17) is 9.15 Å². The van der Waals surface area contributed by atoms with Gasteiger partial charge >= 0.3 is 11.9 Å². The van der Waals surface area contributed by atoms with Crippen LogP contribution in [0.2, 0.25) is 0 Å². The molecule has 0 radical (unpaired) electrons. The van der Waals surface area contributed by atoms with E-state index in [9.17, 15) is 24.6 Å². The van der Waals surface area contributed by atoms with Gasteiger partial charge in [0.25, 0.3) is 0 Å². The fraction of sp³-hybridized carbons (Fsp3) is 0.444. The molecular weight excluding hydrogens is 436 g/mol. The van der Waals surface area contributed by atoms with Crippen molar-refractivity contribution in [3.05, 3.63) is 51.7 Å². The van der Waals surface area contributed by atoms with Gasteiger partial charge in [-0.2, -0.15) is 0 Å². The van der Waals surface area contributed by atoms with Crippen LogP contribution in [0.1, 0.15) is 87.1 Å². The van der Waals surface area contributed by atoms with Gasteiger partial charge in [0.15, 0.2) is 5.58 Å². The fourth-order valence-corrected chi connectivity index (χ4v) is 4.10. The average molecular weight is 469 g/mol. The first-order chi connectivity index (χ1) is 16.3. The first-order valence-electron chi connectivity index (χ1n) is 12.0. The zero-order chi connectivity index (χ0) is 24.7. The molecule has 2 aromatic carbocycles. The number of ether oxygens (including phenoxy) is 1. The number of unbranched alkanes of at least 4 members (excludes halogenated alkanes) is 7. The number of hydrogen-bond acceptors (Lipinski definition) is 5. The van der Waals surface area contributed by atoms with Crippen molar-refractivity contribution in [2.75, 3.05) is 6.61 Å². The third-order valence-electron chi connectivity index (χ3n) is 6.15. The normalized spacial score (nSPS) is 12.2. The number of rotatable bonds is 13. The average Bonchev–Trinajstić information content (AvgIpc) is 2.81. The number of para-hydroxylation sites is 1. The Labute approximate surface area is 198 Å². The maximum atomic E-state index is 13.1. The molecule has 3 rings (SSSR count). The lowest BCUT2D eigenvalue weighted by Gasteiger charge is -2.16. The van der Waals surface area contributed by atoms with Crippen LogP contribution in [0.5, 0.6) is 5.75 Å². The van der Waals surface area contributed by atoms with Gasteiger partial charge in [-0.1, -0.05) is 57.9 Å². The van der Waals surface area contributed by atoms with E-state index in [1.165, 1.54) is 69.4 Å². The minimum Gasteiger partial charge on any atom is -0.493 e. The number of aromatic carboxylic acids is 1. The molecule has 0 aliphatic heterocycles. The third kappa shape index (κ3) is 5.76. The summed E-state index contributed by atoms with van der Waals surface area (Å²) in [5, 5.41) is 19.4. The van der Waals surface area contributed by atoms with Gasteiger partial charge in [0.2, 0.25) is 5.43 Å². The van der Waals surface area contributed by atoms with Gasteiger partial charge in [0.05, 0.1) is 23.3 Å². The monoisotopic (exact) mass is 468 g/mol. The Kier molecular flexibility index (Phi) is 8.68. The summed E-state index contributed by atoms with van der Waals surface area (Å²) in [6.07, 6.45) is 9.18. The van der Waals surface area contributed by atoms with E-state index in [0.29, 0.717) is 17.9 Å². The highest BCUT2D eigenvalue weighted by molar-refractivity contribution is 6.03. The Balaban J connectivity index is 1.88. The lowest BCUT2D eigenvalue weighted by atomic mass is 9.97.